The maximum atomic E-state index is 13.8. The number of piperidine rings is 1. The van der Waals surface area contributed by atoms with E-state index < -0.39 is 24.5 Å². The number of likely N-dealkylation sites (tertiary alicyclic amines) is 1. The third-order valence-electron chi connectivity index (χ3n) is 3.07. The zero-order valence-corrected chi connectivity index (χ0v) is 11.9. The van der Waals surface area contributed by atoms with Gasteiger partial charge in [-0.15, -0.1) is 0 Å². The Bertz CT molecular complexity index is 349. The van der Waals surface area contributed by atoms with Gasteiger partial charge in [0.25, 0.3) is 0 Å². The van der Waals surface area contributed by atoms with Gasteiger partial charge in [-0.25, -0.2) is 4.79 Å². The molecule has 1 heterocycles. The third-order valence-corrected chi connectivity index (χ3v) is 3.07. The number of esters is 1. The fourth-order valence-electron chi connectivity index (χ4n) is 2.12. The van der Waals surface area contributed by atoms with Crippen LogP contribution in [0.2, 0.25) is 0 Å². The number of alkyl halides is 2. The van der Waals surface area contributed by atoms with Gasteiger partial charge < -0.3 is 14.4 Å². The Hall–Kier alpha value is -1.24. The lowest BCUT2D eigenvalue weighted by Crippen LogP contribution is -2.48. The molecule has 20 heavy (non-hydrogen) atoms. The molecule has 1 rings (SSSR count). The molecule has 1 unspecified atom stereocenters. The quantitative estimate of drug-likeness (QED) is 0.673. The molecule has 1 aliphatic rings. The van der Waals surface area contributed by atoms with Crippen LogP contribution < -0.4 is 0 Å². The Morgan fingerprint density at radius 2 is 2.05 bits per heavy atom. The Labute approximate surface area is 117 Å². The van der Waals surface area contributed by atoms with Gasteiger partial charge in [-0.1, -0.05) is 0 Å². The number of halogens is 2. The van der Waals surface area contributed by atoms with E-state index in [0.29, 0.717) is 13.0 Å². The van der Waals surface area contributed by atoms with E-state index in [1.165, 1.54) is 11.8 Å². The van der Waals surface area contributed by atoms with Crippen LogP contribution in [-0.2, 0) is 19.1 Å². The van der Waals surface area contributed by atoms with Gasteiger partial charge in [0.1, 0.15) is 6.23 Å². The van der Waals surface area contributed by atoms with E-state index >= 15 is 0 Å². The average molecular weight is 293 g/mol. The first kappa shape index (κ1) is 16.8. The van der Waals surface area contributed by atoms with Gasteiger partial charge in [0.05, 0.1) is 13.0 Å². The van der Waals surface area contributed by atoms with Crippen molar-refractivity contribution in [2.75, 3.05) is 19.8 Å². The van der Waals surface area contributed by atoms with Crippen LogP contribution >= 0.6 is 0 Å². The minimum atomic E-state index is -3.66. The van der Waals surface area contributed by atoms with Crippen LogP contribution in [0.15, 0.2) is 0 Å². The van der Waals surface area contributed by atoms with Gasteiger partial charge in [-0.05, 0) is 26.7 Å². The van der Waals surface area contributed by atoms with E-state index in [-0.39, 0.29) is 19.1 Å². The summed E-state index contributed by atoms with van der Waals surface area (Å²) in [6.07, 6.45) is -0.130. The summed E-state index contributed by atoms with van der Waals surface area (Å²) in [5.74, 6) is -5.45. The Balaban J connectivity index is 2.75. The highest BCUT2D eigenvalue weighted by atomic mass is 19.3. The van der Waals surface area contributed by atoms with E-state index in [4.69, 9.17) is 4.74 Å². The molecule has 0 aliphatic carbocycles. The molecule has 5 nitrogen and oxygen atoms in total. The second kappa shape index (κ2) is 7.52. The Morgan fingerprint density at radius 3 is 2.60 bits per heavy atom. The Kier molecular flexibility index (Phi) is 6.32. The normalized spacial score (nSPS) is 18.0. The SMILES string of the molecule is CCOC(=O)C(F)(F)CC(OCC)N1CCCCC1=O. The molecule has 0 aromatic heterocycles. The largest absolute Gasteiger partial charge is 0.462 e. The first-order chi connectivity index (χ1) is 9.42. The lowest BCUT2D eigenvalue weighted by atomic mass is 10.1. The van der Waals surface area contributed by atoms with Crippen LogP contribution in [0.25, 0.3) is 0 Å². The van der Waals surface area contributed by atoms with Crippen molar-refractivity contribution in [2.45, 2.75) is 51.7 Å². The number of amides is 1. The molecule has 0 spiro atoms. The second-order valence-corrected chi connectivity index (χ2v) is 4.58. The highest BCUT2D eigenvalue weighted by Crippen LogP contribution is 2.27. The number of nitrogens with zero attached hydrogens (tertiary/aromatic N) is 1. The van der Waals surface area contributed by atoms with Crippen molar-refractivity contribution < 1.29 is 27.8 Å². The molecule has 7 heteroatoms. The number of rotatable bonds is 7. The van der Waals surface area contributed by atoms with E-state index in [9.17, 15) is 18.4 Å². The average Bonchev–Trinajstić information content (AvgIpc) is 2.39. The van der Waals surface area contributed by atoms with Gasteiger partial charge in [0, 0.05) is 19.6 Å². The van der Waals surface area contributed by atoms with Crippen LogP contribution in [-0.4, -0.2) is 48.7 Å². The van der Waals surface area contributed by atoms with Crippen LogP contribution in [0.5, 0.6) is 0 Å². The third kappa shape index (κ3) is 4.40. The monoisotopic (exact) mass is 293 g/mol. The molecule has 1 atom stereocenters. The predicted molar refractivity (Wildman–Crippen MR) is 67.2 cm³/mol. The van der Waals surface area contributed by atoms with Gasteiger partial charge in [0.15, 0.2) is 0 Å². The molecule has 0 N–H and O–H groups in total. The lowest BCUT2D eigenvalue weighted by molar-refractivity contribution is -0.186. The first-order valence-corrected chi connectivity index (χ1v) is 6.88. The zero-order valence-electron chi connectivity index (χ0n) is 11.9. The number of carbonyl (C=O) groups is 2. The van der Waals surface area contributed by atoms with Crippen LogP contribution in [0.1, 0.15) is 39.5 Å². The maximum Gasteiger partial charge on any atom is 0.377 e. The summed E-state index contributed by atoms with van der Waals surface area (Å²) in [6.45, 7) is 3.57. The molecule has 0 saturated carbocycles. The number of hydrogen-bond donors (Lipinski definition) is 0. The zero-order chi connectivity index (χ0) is 15.2. The fraction of sp³-hybridized carbons (Fsp3) is 0.846. The summed E-state index contributed by atoms with van der Waals surface area (Å²) in [5.41, 5.74) is 0. The molecular formula is C13H21F2NO4. The lowest BCUT2D eigenvalue weighted by Gasteiger charge is -2.35. The standard InChI is InChI=1S/C13H21F2NO4/c1-3-19-11(16-8-6-5-7-10(16)17)9-13(14,15)12(18)20-4-2/h11H,3-9H2,1-2H3. The summed E-state index contributed by atoms with van der Waals surface area (Å²) < 4.78 is 37.1. The van der Waals surface area contributed by atoms with Crippen molar-refractivity contribution in [1.82, 2.24) is 4.90 Å². The summed E-state index contributed by atoms with van der Waals surface area (Å²) in [5, 5.41) is 0. The van der Waals surface area contributed by atoms with Crippen LogP contribution in [0.4, 0.5) is 8.78 Å². The van der Waals surface area contributed by atoms with Crippen molar-refractivity contribution in [3.8, 4) is 0 Å². The van der Waals surface area contributed by atoms with Crippen LogP contribution in [0.3, 0.4) is 0 Å². The molecular weight excluding hydrogens is 272 g/mol. The summed E-state index contributed by atoms with van der Waals surface area (Å²) >= 11 is 0. The maximum absolute atomic E-state index is 13.8. The van der Waals surface area contributed by atoms with E-state index in [1.54, 1.807) is 6.92 Å². The number of carbonyl (C=O) groups excluding carboxylic acids is 2. The van der Waals surface area contributed by atoms with Gasteiger partial charge >= 0.3 is 11.9 Å². The minimum Gasteiger partial charge on any atom is -0.462 e. The van der Waals surface area contributed by atoms with Crippen molar-refractivity contribution >= 4 is 11.9 Å². The highest BCUT2D eigenvalue weighted by Gasteiger charge is 2.45. The summed E-state index contributed by atoms with van der Waals surface area (Å²) in [4.78, 5) is 24.3. The van der Waals surface area contributed by atoms with Crippen LogP contribution in [0, 0.1) is 0 Å². The molecule has 1 fully saturated rings. The Morgan fingerprint density at radius 1 is 1.35 bits per heavy atom. The first-order valence-electron chi connectivity index (χ1n) is 6.88. The minimum absolute atomic E-state index is 0.115. The number of hydrogen-bond acceptors (Lipinski definition) is 4. The van der Waals surface area contributed by atoms with Gasteiger partial charge in [0.2, 0.25) is 5.91 Å². The molecule has 1 amide bonds. The highest BCUT2D eigenvalue weighted by molar-refractivity contribution is 5.78. The molecule has 1 aliphatic heterocycles. The smallest absolute Gasteiger partial charge is 0.377 e. The molecule has 0 aromatic rings. The van der Waals surface area contributed by atoms with Crippen molar-refractivity contribution in [3.63, 3.8) is 0 Å². The summed E-state index contributed by atoms with van der Waals surface area (Å²) in [7, 11) is 0. The van der Waals surface area contributed by atoms with E-state index in [2.05, 4.69) is 4.74 Å². The van der Waals surface area contributed by atoms with E-state index in [1.807, 2.05) is 0 Å². The van der Waals surface area contributed by atoms with Gasteiger partial charge in [-0.2, -0.15) is 8.78 Å². The van der Waals surface area contributed by atoms with Crippen molar-refractivity contribution in [3.05, 3.63) is 0 Å². The fourth-order valence-corrected chi connectivity index (χ4v) is 2.12. The van der Waals surface area contributed by atoms with Gasteiger partial charge in [-0.3, -0.25) is 4.79 Å². The topological polar surface area (TPSA) is 55.8 Å². The molecule has 1 saturated heterocycles. The molecule has 0 bridgehead atoms. The second-order valence-electron chi connectivity index (χ2n) is 4.58. The number of ether oxygens (including phenoxy) is 2. The molecule has 0 radical (unpaired) electrons. The molecule has 116 valence electrons. The molecule has 0 aromatic carbocycles. The van der Waals surface area contributed by atoms with Crippen molar-refractivity contribution in [2.24, 2.45) is 0 Å². The summed E-state index contributed by atoms with van der Waals surface area (Å²) in [6, 6.07) is 0. The van der Waals surface area contributed by atoms with Crippen molar-refractivity contribution in [1.29, 1.82) is 0 Å². The van der Waals surface area contributed by atoms with E-state index in [0.717, 1.165) is 12.8 Å². The predicted octanol–water partition coefficient (Wildman–Crippen LogP) is 1.95.